The average molecular weight is 261 g/mol. The molecule has 2 rings (SSSR count). The van der Waals surface area contributed by atoms with E-state index in [0.29, 0.717) is 25.6 Å². The number of hydrogen-bond acceptors (Lipinski definition) is 3. The molecular formula is C11H23N3O2S. The molecule has 1 aliphatic carbocycles. The number of nitrogens with zero attached hydrogens (tertiary/aromatic N) is 1. The van der Waals surface area contributed by atoms with E-state index in [4.69, 9.17) is 5.73 Å². The van der Waals surface area contributed by atoms with Crippen LogP contribution in [0.3, 0.4) is 0 Å². The van der Waals surface area contributed by atoms with E-state index in [9.17, 15) is 8.42 Å². The predicted molar refractivity (Wildman–Crippen MR) is 67.7 cm³/mol. The summed E-state index contributed by atoms with van der Waals surface area (Å²) in [5.74, 6) is 0.493. The van der Waals surface area contributed by atoms with Crippen molar-refractivity contribution in [2.75, 3.05) is 19.6 Å². The molecule has 0 bridgehead atoms. The molecule has 2 aliphatic rings. The fourth-order valence-electron chi connectivity index (χ4n) is 2.71. The van der Waals surface area contributed by atoms with Crippen molar-refractivity contribution in [3.05, 3.63) is 0 Å². The highest BCUT2D eigenvalue weighted by molar-refractivity contribution is 7.87. The predicted octanol–water partition coefficient (Wildman–Crippen LogP) is 0.434. The first-order valence-electron chi connectivity index (χ1n) is 6.59. The first-order chi connectivity index (χ1) is 8.12. The summed E-state index contributed by atoms with van der Waals surface area (Å²) in [5, 5.41) is 0. The van der Waals surface area contributed by atoms with Crippen molar-refractivity contribution in [3.8, 4) is 0 Å². The molecule has 6 heteroatoms. The third-order valence-electron chi connectivity index (χ3n) is 3.92. The Morgan fingerprint density at radius 1 is 1.12 bits per heavy atom. The second-order valence-corrected chi connectivity index (χ2v) is 6.88. The van der Waals surface area contributed by atoms with Crippen LogP contribution in [0.4, 0.5) is 0 Å². The van der Waals surface area contributed by atoms with Crippen LogP contribution >= 0.6 is 0 Å². The van der Waals surface area contributed by atoms with Crippen LogP contribution in [0.5, 0.6) is 0 Å². The second kappa shape index (κ2) is 5.65. The highest BCUT2D eigenvalue weighted by Gasteiger charge is 2.30. The highest BCUT2D eigenvalue weighted by Crippen LogP contribution is 2.21. The lowest BCUT2D eigenvalue weighted by Crippen LogP contribution is -2.48. The van der Waals surface area contributed by atoms with Crippen molar-refractivity contribution < 1.29 is 8.42 Å². The molecule has 0 aromatic carbocycles. The van der Waals surface area contributed by atoms with Crippen molar-refractivity contribution in [2.45, 2.75) is 44.6 Å². The topological polar surface area (TPSA) is 75.4 Å². The maximum atomic E-state index is 12.1. The standard InChI is InChI=1S/C11H23N3O2S/c12-9-10-5-7-14(8-6-10)17(15,16)13-11-3-1-2-4-11/h10-11,13H,1-9,12H2. The zero-order chi connectivity index (χ0) is 12.3. The molecule has 100 valence electrons. The Balaban J connectivity index is 1.87. The van der Waals surface area contributed by atoms with Crippen LogP contribution in [0.25, 0.3) is 0 Å². The van der Waals surface area contributed by atoms with Gasteiger partial charge in [0.25, 0.3) is 10.2 Å². The molecule has 0 aromatic heterocycles. The normalized spacial score (nSPS) is 25.5. The Hall–Kier alpha value is -0.170. The van der Waals surface area contributed by atoms with E-state index >= 15 is 0 Å². The summed E-state index contributed by atoms with van der Waals surface area (Å²) >= 11 is 0. The quantitative estimate of drug-likeness (QED) is 0.771. The van der Waals surface area contributed by atoms with Crippen LogP contribution in [0.1, 0.15) is 38.5 Å². The molecule has 1 aliphatic heterocycles. The van der Waals surface area contributed by atoms with Crippen LogP contribution < -0.4 is 10.5 Å². The third kappa shape index (κ3) is 3.40. The lowest BCUT2D eigenvalue weighted by Gasteiger charge is -2.31. The lowest BCUT2D eigenvalue weighted by molar-refractivity contribution is 0.274. The van der Waals surface area contributed by atoms with Gasteiger partial charge in [0, 0.05) is 19.1 Å². The van der Waals surface area contributed by atoms with Gasteiger partial charge in [-0.15, -0.1) is 0 Å². The zero-order valence-electron chi connectivity index (χ0n) is 10.3. The molecule has 0 spiro atoms. The number of piperidine rings is 1. The van der Waals surface area contributed by atoms with Gasteiger partial charge >= 0.3 is 0 Å². The Morgan fingerprint density at radius 3 is 2.24 bits per heavy atom. The first kappa shape index (κ1) is 13.3. The molecule has 5 nitrogen and oxygen atoms in total. The summed E-state index contributed by atoms with van der Waals surface area (Å²) in [6.07, 6.45) is 6.03. The molecule has 0 atom stereocenters. The molecule has 3 N–H and O–H groups in total. The molecule has 2 fully saturated rings. The molecule has 0 radical (unpaired) electrons. The minimum atomic E-state index is -3.26. The van der Waals surface area contributed by atoms with Gasteiger partial charge in [-0.2, -0.15) is 17.4 Å². The molecule has 1 saturated heterocycles. The summed E-state index contributed by atoms with van der Waals surface area (Å²) in [5.41, 5.74) is 5.61. The molecule has 1 saturated carbocycles. The number of nitrogens with two attached hydrogens (primary N) is 1. The van der Waals surface area contributed by atoms with Crippen molar-refractivity contribution in [2.24, 2.45) is 11.7 Å². The largest absolute Gasteiger partial charge is 0.330 e. The van der Waals surface area contributed by atoms with Gasteiger partial charge in [-0.1, -0.05) is 12.8 Å². The van der Waals surface area contributed by atoms with E-state index in [1.54, 1.807) is 4.31 Å². The smallest absolute Gasteiger partial charge is 0.279 e. The van der Waals surface area contributed by atoms with Crippen LogP contribution in [-0.2, 0) is 10.2 Å². The van der Waals surface area contributed by atoms with Gasteiger partial charge in [0.15, 0.2) is 0 Å². The number of hydrogen-bond donors (Lipinski definition) is 2. The van der Waals surface area contributed by atoms with E-state index < -0.39 is 10.2 Å². The SMILES string of the molecule is NCC1CCN(S(=O)(=O)NC2CCCC2)CC1. The number of rotatable bonds is 4. The average Bonchev–Trinajstić information content (AvgIpc) is 2.81. The highest BCUT2D eigenvalue weighted by atomic mass is 32.2. The van der Waals surface area contributed by atoms with Crippen LogP contribution in [0.15, 0.2) is 0 Å². The molecule has 0 aromatic rings. The van der Waals surface area contributed by atoms with Crippen LogP contribution in [0, 0.1) is 5.92 Å². The maximum Gasteiger partial charge on any atom is 0.279 e. The fourth-order valence-corrected chi connectivity index (χ4v) is 4.21. The van der Waals surface area contributed by atoms with Gasteiger partial charge in [0.05, 0.1) is 0 Å². The van der Waals surface area contributed by atoms with E-state index in [1.807, 2.05) is 0 Å². The first-order valence-corrected chi connectivity index (χ1v) is 8.03. The van der Waals surface area contributed by atoms with Gasteiger partial charge in [-0.3, -0.25) is 0 Å². The fraction of sp³-hybridized carbons (Fsp3) is 1.00. The van der Waals surface area contributed by atoms with Gasteiger partial charge in [0.2, 0.25) is 0 Å². The molecule has 0 unspecified atom stereocenters. The maximum absolute atomic E-state index is 12.1. The minimum absolute atomic E-state index is 0.159. The Labute approximate surface area is 104 Å². The van der Waals surface area contributed by atoms with E-state index in [1.165, 1.54) is 0 Å². The summed E-state index contributed by atoms with van der Waals surface area (Å²) < 4.78 is 28.6. The monoisotopic (exact) mass is 261 g/mol. The van der Waals surface area contributed by atoms with Crippen molar-refractivity contribution in [1.29, 1.82) is 0 Å². The van der Waals surface area contributed by atoms with E-state index in [-0.39, 0.29) is 6.04 Å². The van der Waals surface area contributed by atoms with Crippen molar-refractivity contribution >= 4 is 10.2 Å². The Bertz CT molecular complexity index is 331. The third-order valence-corrected chi connectivity index (χ3v) is 5.59. The Morgan fingerprint density at radius 2 is 1.71 bits per heavy atom. The lowest BCUT2D eigenvalue weighted by atomic mass is 9.99. The summed E-state index contributed by atoms with van der Waals surface area (Å²) in [4.78, 5) is 0. The molecule has 1 heterocycles. The van der Waals surface area contributed by atoms with Crippen molar-refractivity contribution in [3.63, 3.8) is 0 Å². The molecular weight excluding hydrogens is 238 g/mol. The number of nitrogens with one attached hydrogen (secondary N) is 1. The van der Waals surface area contributed by atoms with E-state index in [2.05, 4.69) is 4.72 Å². The van der Waals surface area contributed by atoms with Gasteiger partial charge in [-0.25, -0.2) is 0 Å². The minimum Gasteiger partial charge on any atom is -0.330 e. The van der Waals surface area contributed by atoms with Crippen LogP contribution in [-0.4, -0.2) is 38.4 Å². The molecule has 17 heavy (non-hydrogen) atoms. The van der Waals surface area contributed by atoms with E-state index in [0.717, 1.165) is 38.5 Å². The molecule has 0 amide bonds. The summed E-state index contributed by atoms with van der Waals surface area (Å²) in [6.45, 7) is 1.90. The van der Waals surface area contributed by atoms with Crippen molar-refractivity contribution in [1.82, 2.24) is 9.03 Å². The van der Waals surface area contributed by atoms with Crippen LogP contribution in [0.2, 0.25) is 0 Å². The summed E-state index contributed by atoms with van der Waals surface area (Å²) in [7, 11) is -3.26. The Kier molecular flexibility index (Phi) is 4.41. The second-order valence-electron chi connectivity index (χ2n) is 5.18. The van der Waals surface area contributed by atoms with Gasteiger partial charge in [-0.05, 0) is 38.1 Å². The van der Waals surface area contributed by atoms with Gasteiger partial charge < -0.3 is 5.73 Å². The van der Waals surface area contributed by atoms with Gasteiger partial charge in [0.1, 0.15) is 0 Å². The summed E-state index contributed by atoms with van der Waals surface area (Å²) in [6, 6.07) is 0.159. The zero-order valence-corrected chi connectivity index (χ0v) is 11.1.